The number of methoxy groups -OCH3 is 1. The molecule has 0 atom stereocenters. The van der Waals surface area contributed by atoms with E-state index in [1.54, 1.807) is 31.4 Å². The molecule has 0 fully saturated rings. The van der Waals surface area contributed by atoms with Crippen molar-refractivity contribution in [2.24, 2.45) is 0 Å². The summed E-state index contributed by atoms with van der Waals surface area (Å²) in [6.45, 7) is 2.94. The van der Waals surface area contributed by atoms with Gasteiger partial charge in [0.05, 0.1) is 24.4 Å². The smallest absolute Gasteiger partial charge is 0.161 e. The molecule has 112 valence electrons. The number of phenols is 1. The highest BCUT2D eigenvalue weighted by molar-refractivity contribution is 6.33. The molecule has 0 unspecified atom stereocenters. The summed E-state index contributed by atoms with van der Waals surface area (Å²) in [5.41, 5.74) is 1.78. The first-order chi connectivity index (χ1) is 10.1. The first-order valence-electron chi connectivity index (χ1n) is 6.66. The summed E-state index contributed by atoms with van der Waals surface area (Å²) in [6.07, 6.45) is 0. The predicted molar refractivity (Wildman–Crippen MR) is 84.6 cm³/mol. The van der Waals surface area contributed by atoms with Crippen LogP contribution in [0.15, 0.2) is 36.4 Å². The van der Waals surface area contributed by atoms with E-state index in [-0.39, 0.29) is 5.75 Å². The lowest BCUT2D eigenvalue weighted by Gasteiger charge is -2.12. The van der Waals surface area contributed by atoms with Gasteiger partial charge in [0.2, 0.25) is 0 Å². The average Bonchev–Trinajstić information content (AvgIpc) is 2.49. The summed E-state index contributed by atoms with van der Waals surface area (Å²) in [6, 6.07) is 10.7. The Labute approximate surface area is 129 Å². The summed E-state index contributed by atoms with van der Waals surface area (Å²) in [5.74, 6) is 1.36. The van der Waals surface area contributed by atoms with Crippen molar-refractivity contribution in [3.05, 3.63) is 47.0 Å². The first kappa shape index (κ1) is 15.3. The van der Waals surface area contributed by atoms with Crippen LogP contribution in [0.5, 0.6) is 17.2 Å². The molecule has 4 nitrogen and oxygen atoms in total. The lowest BCUT2D eigenvalue weighted by molar-refractivity contribution is 0.318. The van der Waals surface area contributed by atoms with E-state index in [0.717, 1.165) is 17.0 Å². The monoisotopic (exact) mass is 307 g/mol. The molecule has 0 aliphatic rings. The third-order valence-corrected chi connectivity index (χ3v) is 3.31. The Hall–Kier alpha value is -2.07. The molecule has 2 aromatic carbocycles. The average molecular weight is 308 g/mol. The van der Waals surface area contributed by atoms with E-state index in [1.807, 2.05) is 19.1 Å². The van der Waals surface area contributed by atoms with Crippen LogP contribution in [-0.2, 0) is 6.54 Å². The van der Waals surface area contributed by atoms with Crippen molar-refractivity contribution in [3.63, 3.8) is 0 Å². The van der Waals surface area contributed by atoms with E-state index in [4.69, 9.17) is 21.1 Å². The zero-order chi connectivity index (χ0) is 15.2. The second kappa shape index (κ2) is 7.09. The van der Waals surface area contributed by atoms with E-state index in [1.165, 1.54) is 0 Å². The van der Waals surface area contributed by atoms with Gasteiger partial charge in [0, 0.05) is 12.6 Å². The number of benzene rings is 2. The fraction of sp³-hybridized carbons (Fsp3) is 0.250. The number of nitrogens with one attached hydrogen (secondary N) is 1. The lowest BCUT2D eigenvalue weighted by Crippen LogP contribution is -2.01. The van der Waals surface area contributed by atoms with Crippen LogP contribution in [0.4, 0.5) is 5.69 Å². The van der Waals surface area contributed by atoms with Gasteiger partial charge in [0.25, 0.3) is 0 Å². The third-order valence-electron chi connectivity index (χ3n) is 2.98. The molecule has 0 radical (unpaired) electrons. The highest BCUT2D eigenvalue weighted by Crippen LogP contribution is 2.29. The Bertz CT molecular complexity index is 616. The maximum absolute atomic E-state index is 9.68. The number of hydrogen-bond acceptors (Lipinski definition) is 4. The second-order valence-corrected chi connectivity index (χ2v) is 4.84. The summed E-state index contributed by atoms with van der Waals surface area (Å²) < 4.78 is 10.5. The van der Waals surface area contributed by atoms with Gasteiger partial charge in [-0.2, -0.15) is 0 Å². The molecule has 5 heteroatoms. The van der Waals surface area contributed by atoms with Crippen molar-refractivity contribution in [1.82, 2.24) is 0 Å². The van der Waals surface area contributed by atoms with Gasteiger partial charge >= 0.3 is 0 Å². The van der Waals surface area contributed by atoms with E-state index in [0.29, 0.717) is 23.9 Å². The summed E-state index contributed by atoms with van der Waals surface area (Å²) >= 11 is 6.14. The van der Waals surface area contributed by atoms with Crippen molar-refractivity contribution >= 4 is 17.3 Å². The van der Waals surface area contributed by atoms with Crippen LogP contribution in [0, 0.1) is 0 Å². The van der Waals surface area contributed by atoms with Crippen LogP contribution in [0.25, 0.3) is 0 Å². The molecule has 0 spiro atoms. The largest absolute Gasteiger partial charge is 0.504 e. The van der Waals surface area contributed by atoms with Gasteiger partial charge in [-0.15, -0.1) is 0 Å². The van der Waals surface area contributed by atoms with E-state index < -0.39 is 0 Å². The van der Waals surface area contributed by atoms with Crippen LogP contribution in [-0.4, -0.2) is 18.8 Å². The standard InChI is InChI=1S/C16H18ClNO3/c1-3-21-16-8-11(4-7-15(16)19)10-18-14-9-12(20-2)5-6-13(14)17/h4-9,18-19H,3,10H2,1-2H3. The summed E-state index contributed by atoms with van der Waals surface area (Å²) in [7, 11) is 1.61. The maximum Gasteiger partial charge on any atom is 0.161 e. The molecule has 0 saturated carbocycles. The highest BCUT2D eigenvalue weighted by Gasteiger charge is 2.05. The zero-order valence-corrected chi connectivity index (χ0v) is 12.8. The van der Waals surface area contributed by atoms with Crippen LogP contribution in [0.1, 0.15) is 12.5 Å². The molecule has 0 aromatic heterocycles. The van der Waals surface area contributed by atoms with Crippen molar-refractivity contribution < 1.29 is 14.6 Å². The number of ether oxygens (including phenoxy) is 2. The SMILES string of the molecule is CCOc1cc(CNc2cc(OC)ccc2Cl)ccc1O. The number of rotatable bonds is 6. The van der Waals surface area contributed by atoms with E-state index in [2.05, 4.69) is 5.32 Å². The molecular formula is C16H18ClNO3. The molecule has 2 rings (SSSR count). The van der Waals surface area contributed by atoms with Crippen LogP contribution in [0.2, 0.25) is 5.02 Å². The Balaban J connectivity index is 2.11. The minimum absolute atomic E-state index is 0.139. The Kier molecular flexibility index (Phi) is 5.17. The van der Waals surface area contributed by atoms with Gasteiger partial charge in [0.1, 0.15) is 5.75 Å². The van der Waals surface area contributed by atoms with Gasteiger partial charge in [-0.25, -0.2) is 0 Å². The lowest BCUT2D eigenvalue weighted by atomic mass is 10.2. The number of aromatic hydroxyl groups is 1. The normalized spacial score (nSPS) is 10.2. The van der Waals surface area contributed by atoms with Gasteiger partial charge < -0.3 is 19.9 Å². The molecule has 0 saturated heterocycles. The van der Waals surface area contributed by atoms with E-state index >= 15 is 0 Å². The Morgan fingerprint density at radius 3 is 2.71 bits per heavy atom. The Morgan fingerprint density at radius 1 is 1.19 bits per heavy atom. The minimum atomic E-state index is 0.139. The molecule has 21 heavy (non-hydrogen) atoms. The topological polar surface area (TPSA) is 50.7 Å². The van der Waals surface area contributed by atoms with Crippen LogP contribution >= 0.6 is 11.6 Å². The predicted octanol–water partition coefficient (Wildman–Crippen LogP) is 4.07. The van der Waals surface area contributed by atoms with Crippen molar-refractivity contribution in [3.8, 4) is 17.2 Å². The van der Waals surface area contributed by atoms with E-state index in [9.17, 15) is 5.11 Å². The number of hydrogen-bond donors (Lipinski definition) is 2. The second-order valence-electron chi connectivity index (χ2n) is 4.43. The molecule has 0 bridgehead atoms. The molecule has 0 aliphatic heterocycles. The van der Waals surface area contributed by atoms with Gasteiger partial charge in [-0.3, -0.25) is 0 Å². The molecule has 0 amide bonds. The maximum atomic E-state index is 9.68. The minimum Gasteiger partial charge on any atom is -0.504 e. The molecule has 2 aromatic rings. The fourth-order valence-corrected chi connectivity index (χ4v) is 2.09. The van der Waals surface area contributed by atoms with Crippen LogP contribution < -0.4 is 14.8 Å². The molecular weight excluding hydrogens is 290 g/mol. The van der Waals surface area contributed by atoms with Crippen molar-refractivity contribution in [1.29, 1.82) is 0 Å². The molecule has 0 heterocycles. The summed E-state index contributed by atoms with van der Waals surface area (Å²) in [5, 5.41) is 13.5. The number of phenolic OH excluding ortho intramolecular Hbond substituents is 1. The first-order valence-corrected chi connectivity index (χ1v) is 7.04. The highest BCUT2D eigenvalue weighted by atomic mass is 35.5. The van der Waals surface area contributed by atoms with Crippen molar-refractivity contribution in [2.45, 2.75) is 13.5 Å². The quantitative estimate of drug-likeness (QED) is 0.845. The third kappa shape index (κ3) is 3.95. The number of anilines is 1. The van der Waals surface area contributed by atoms with Crippen LogP contribution in [0.3, 0.4) is 0 Å². The van der Waals surface area contributed by atoms with Gasteiger partial charge in [-0.05, 0) is 36.8 Å². The van der Waals surface area contributed by atoms with Gasteiger partial charge in [-0.1, -0.05) is 17.7 Å². The number of halogens is 1. The summed E-state index contributed by atoms with van der Waals surface area (Å²) in [4.78, 5) is 0. The Morgan fingerprint density at radius 2 is 2.00 bits per heavy atom. The van der Waals surface area contributed by atoms with Crippen molar-refractivity contribution in [2.75, 3.05) is 19.0 Å². The molecule has 0 aliphatic carbocycles. The zero-order valence-electron chi connectivity index (χ0n) is 12.0. The fourth-order valence-electron chi connectivity index (χ4n) is 1.90. The van der Waals surface area contributed by atoms with Gasteiger partial charge in [0.15, 0.2) is 11.5 Å². The molecule has 2 N–H and O–H groups in total.